The van der Waals surface area contributed by atoms with Gasteiger partial charge in [-0.25, -0.2) is 13.2 Å². The molecule has 21 heavy (non-hydrogen) atoms. The van der Waals surface area contributed by atoms with Gasteiger partial charge in [0.2, 0.25) is 0 Å². The second-order valence-electron chi connectivity index (χ2n) is 3.98. The molecule has 0 unspecified atom stereocenters. The molecule has 0 aromatic heterocycles. The van der Waals surface area contributed by atoms with E-state index in [9.17, 15) is 13.2 Å². The molecule has 0 amide bonds. The number of benzene rings is 2. The summed E-state index contributed by atoms with van der Waals surface area (Å²) in [5.74, 6) is -4.30. The second-order valence-corrected chi connectivity index (χ2v) is 5.24. The van der Waals surface area contributed by atoms with Crippen molar-refractivity contribution >= 4 is 33.4 Å². The summed E-state index contributed by atoms with van der Waals surface area (Å²) in [6.45, 7) is 0. The fourth-order valence-electron chi connectivity index (χ4n) is 1.51. The molecule has 0 aliphatic carbocycles. The molecule has 0 bridgehead atoms. The molecule has 2 aromatic carbocycles. The van der Waals surface area contributed by atoms with E-state index in [2.05, 4.69) is 15.9 Å². The molecule has 0 fully saturated rings. The smallest absolute Gasteiger partial charge is 0.198 e. The molecular weight excluding hydrogens is 373 g/mol. The van der Waals surface area contributed by atoms with Crippen LogP contribution in [0.4, 0.5) is 13.2 Å². The van der Waals surface area contributed by atoms with Crippen molar-refractivity contribution in [3.63, 3.8) is 0 Å². The molecular formula is C13H7BrClF3N2O. The summed E-state index contributed by atoms with van der Waals surface area (Å²) in [7, 11) is 0. The van der Waals surface area contributed by atoms with Crippen molar-refractivity contribution in [2.24, 2.45) is 5.73 Å². The number of nitrogen functional groups attached to an aromatic ring is 1. The number of hydrogen-bond donors (Lipinski definition) is 2. The third-order valence-corrected chi connectivity index (χ3v) is 3.41. The molecule has 0 radical (unpaired) electrons. The molecule has 2 rings (SSSR count). The van der Waals surface area contributed by atoms with Crippen LogP contribution in [0.5, 0.6) is 11.5 Å². The summed E-state index contributed by atoms with van der Waals surface area (Å²) < 4.78 is 46.3. The first-order valence-electron chi connectivity index (χ1n) is 5.45. The molecule has 2 aromatic rings. The van der Waals surface area contributed by atoms with Crippen LogP contribution in [0.2, 0.25) is 5.02 Å². The highest BCUT2D eigenvalue weighted by Gasteiger charge is 2.17. The number of ether oxygens (including phenoxy) is 1. The van der Waals surface area contributed by atoms with Crippen molar-refractivity contribution in [3.05, 3.63) is 56.8 Å². The highest BCUT2D eigenvalue weighted by molar-refractivity contribution is 9.10. The largest absolute Gasteiger partial charge is 0.450 e. The Balaban J connectivity index is 2.45. The molecule has 110 valence electrons. The predicted molar refractivity (Wildman–Crippen MR) is 76.6 cm³/mol. The van der Waals surface area contributed by atoms with Crippen LogP contribution in [0.3, 0.4) is 0 Å². The van der Waals surface area contributed by atoms with Gasteiger partial charge in [-0.2, -0.15) is 0 Å². The number of rotatable bonds is 3. The van der Waals surface area contributed by atoms with Crippen LogP contribution < -0.4 is 10.5 Å². The summed E-state index contributed by atoms with van der Waals surface area (Å²) in [5, 5.41) is 6.97. The summed E-state index contributed by atoms with van der Waals surface area (Å²) >= 11 is 8.61. The maximum absolute atomic E-state index is 13.8. The van der Waals surface area contributed by atoms with Gasteiger partial charge in [0.15, 0.2) is 17.4 Å². The molecule has 8 heteroatoms. The zero-order chi connectivity index (χ0) is 15.7. The van der Waals surface area contributed by atoms with Gasteiger partial charge >= 0.3 is 0 Å². The topological polar surface area (TPSA) is 59.1 Å². The van der Waals surface area contributed by atoms with Crippen LogP contribution in [0.1, 0.15) is 5.56 Å². The van der Waals surface area contributed by atoms with E-state index in [0.29, 0.717) is 0 Å². The molecule has 0 heterocycles. The highest BCUT2D eigenvalue weighted by Crippen LogP contribution is 2.36. The maximum Gasteiger partial charge on any atom is 0.198 e. The van der Waals surface area contributed by atoms with Crippen LogP contribution in [-0.2, 0) is 0 Å². The molecule has 0 spiro atoms. The zero-order valence-electron chi connectivity index (χ0n) is 10.2. The monoisotopic (exact) mass is 378 g/mol. The minimum Gasteiger partial charge on any atom is -0.450 e. The van der Waals surface area contributed by atoms with Crippen LogP contribution in [0.25, 0.3) is 0 Å². The van der Waals surface area contributed by atoms with Crippen molar-refractivity contribution in [2.75, 3.05) is 0 Å². The summed E-state index contributed by atoms with van der Waals surface area (Å²) in [6, 6.07) is 3.79. The van der Waals surface area contributed by atoms with Crippen molar-refractivity contribution < 1.29 is 17.9 Å². The first kappa shape index (κ1) is 15.7. The Morgan fingerprint density at radius 3 is 2.19 bits per heavy atom. The predicted octanol–water partition coefficient (Wildman–Crippen LogP) is 4.60. The lowest BCUT2D eigenvalue weighted by Gasteiger charge is -2.11. The third-order valence-electron chi connectivity index (χ3n) is 2.50. The van der Waals surface area contributed by atoms with Crippen LogP contribution in [-0.4, -0.2) is 5.84 Å². The number of nitrogens with two attached hydrogens (primary N) is 1. The van der Waals surface area contributed by atoms with Gasteiger partial charge in [0.25, 0.3) is 0 Å². The quantitative estimate of drug-likeness (QED) is 0.465. The molecule has 0 saturated carbocycles. The van der Waals surface area contributed by atoms with Gasteiger partial charge in [0.05, 0.1) is 9.50 Å². The Bertz CT molecular complexity index is 717. The van der Waals surface area contributed by atoms with Gasteiger partial charge in [0, 0.05) is 11.6 Å². The third kappa shape index (κ3) is 3.30. The van der Waals surface area contributed by atoms with E-state index < -0.39 is 29.0 Å². The number of halogens is 5. The first-order valence-corrected chi connectivity index (χ1v) is 6.62. The Morgan fingerprint density at radius 2 is 1.67 bits per heavy atom. The zero-order valence-corrected chi connectivity index (χ0v) is 12.5. The van der Waals surface area contributed by atoms with Crippen molar-refractivity contribution in [1.82, 2.24) is 0 Å². The van der Waals surface area contributed by atoms with Gasteiger partial charge in [-0.3, -0.25) is 5.41 Å². The van der Waals surface area contributed by atoms with Crippen molar-refractivity contribution in [3.8, 4) is 11.5 Å². The molecule has 3 N–H and O–H groups in total. The Kier molecular flexibility index (Phi) is 4.43. The van der Waals surface area contributed by atoms with Crippen LogP contribution in [0.15, 0.2) is 28.7 Å². The first-order chi connectivity index (χ1) is 9.79. The van der Waals surface area contributed by atoms with Crippen molar-refractivity contribution in [2.45, 2.75) is 0 Å². The molecule has 0 saturated heterocycles. The fraction of sp³-hybridized carbons (Fsp3) is 0. The Labute approximate surface area is 131 Å². The average molecular weight is 380 g/mol. The molecule has 0 atom stereocenters. The summed E-state index contributed by atoms with van der Waals surface area (Å²) in [5.41, 5.74) is 5.03. The highest BCUT2D eigenvalue weighted by atomic mass is 79.9. The van der Waals surface area contributed by atoms with Crippen LogP contribution >= 0.6 is 27.5 Å². The minimum absolute atomic E-state index is 0.126. The normalized spacial score (nSPS) is 10.5. The van der Waals surface area contributed by atoms with Crippen molar-refractivity contribution in [1.29, 1.82) is 5.41 Å². The van der Waals surface area contributed by atoms with E-state index in [4.69, 9.17) is 27.5 Å². The lowest BCUT2D eigenvalue weighted by atomic mass is 10.2. The van der Waals surface area contributed by atoms with Crippen LogP contribution in [0, 0.1) is 22.9 Å². The van der Waals surface area contributed by atoms with Gasteiger partial charge in [-0.15, -0.1) is 0 Å². The van der Waals surface area contributed by atoms with Gasteiger partial charge in [-0.05, 0) is 34.1 Å². The van der Waals surface area contributed by atoms with E-state index in [1.807, 2.05) is 0 Å². The minimum atomic E-state index is -1.07. The van der Waals surface area contributed by atoms with E-state index in [1.54, 1.807) is 0 Å². The molecule has 0 aliphatic heterocycles. The number of amidine groups is 1. The summed E-state index contributed by atoms with van der Waals surface area (Å²) in [4.78, 5) is 0. The Hall–Kier alpha value is -1.73. The van der Waals surface area contributed by atoms with E-state index in [0.717, 1.165) is 18.2 Å². The maximum atomic E-state index is 13.8. The SMILES string of the molecule is N=C(N)c1cc(F)c(Oc2cc(F)c(Cl)cc2Br)c(F)c1. The van der Waals surface area contributed by atoms with E-state index >= 15 is 0 Å². The van der Waals surface area contributed by atoms with Gasteiger partial charge in [-0.1, -0.05) is 11.6 Å². The fourth-order valence-corrected chi connectivity index (χ4v) is 2.23. The van der Waals surface area contributed by atoms with Gasteiger partial charge in [0.1, 0.15) is 17.4 Å². The summed E-state index contributed by atoms with van der Waals surface area (Å²) in [6.07, 6.45) is 0. The molecule has 0 aliphatic rings. The lowest BCUT2D eigenvalue weighted by molar-refractivity contribution is 0.403. The number of hydrogen-bond acceptors (Lipinski definition) is 2. The van der Waals surface area contributed by atoms with Gasteiger partial charge < -0.3 is 10.5 Å². The van der Waals surface area contributed by atoms with E-state index in [1.165, 1.54) is 6.07 Å². The molecule has 3 nitrogen and oxygen atoms in total. The average Bonchev–Trinajstić information content (AvgIpc) is 2.39. The van der Waals surface area contributed by atoms with E-state index in [-0.39, 0.29) is 20.8 Å². The Morgan fingerprint density at radius 1 is 1.10 bits per heavy atom. The standard InChI is InChI=1S/C13H7BrClF3N2O/c14-6-3-7(15)8(16)4-11(6)21-12-9(17)1-5(13(19)20)2-10(12)18/h1-4H,(H3,19,20). The lowest BCUT2D eigenvalue weighted by Crippen LogP contribution is -2.12. The number of nitrogens with one attached hydrogen (secondary N) is 1. The second kappa shape index (κ2) is 5.95.